The van der Waals surface area contributed by atoms with E-state index in [1.807, 2.05) is 13.0 Å². The van der Waals surface area contributed by atoms with E-state index in [0.717, 1.165) is 12.1 Å². The summed E-state index contributed by atoms with van der Waals surface area (Å²) < 4.78 is 13.4. The molecule has 2 rings (SSSR count). The molecule has 1 aliphatic carbocycles. The molecule has 1 aromatic rings. The number of nitrogens with one attached hydrogen (secondary N) is 2. The number of carbonyl (C=O) groups is 1. The lowest BCUT2D eigenvalue weighted by Gasteiger charge is -2.14. The highest BCUT2D eigenvalue weighted by Gasteiger charge is 2.21. The molecule has 0 spiro atoms. The summed E-state index contributed by atoms with van der Waals surface area (Å²) in [4.78, 5) is 11.6. The zero-order chi connectivity index (χ0) is 13.8. The Bertz CT molecular complexity index is 457. The van der Waals surface area contributed by atoms with Crippen LogP contribution in [0.5, 0.6) is 0 Å². The molecule has 1 aromatic carbocycles. The number of hydrogen-bond acceptors (Lipinski definition) is 2. The minimum atomic E-state index is -0.204. The third-order valence-electron chi connectivity index (χ3n) is 3.55. The fourth-order valence-corrected chi connectivity index (χ4v) is 1.88. The zero-order valence-electron chi connectivity index (χ0n) is 11.5. The van der Waals surface area contributed by atoms with Gasteiger partial charge in [0.25, 0.3) is 0 Å². The van der Waals surface area contributed by atoms with Crippen molar-refractivity contribution in [3.05, 3.63) is 35.1 Å². The number of benzene rings is 1. The summed E-state index contributed by atoms with van der Waals surface area (Å²) in [6, 6.07) is 5.13. The lowest BCUT2D eigenvalue weighted by molar-refractivity contribution is -0.120. The van der Waals surface area contributed by atoms with Gasteiger partial charge in [-0.15, -0.1) is 0 Å². The molecular formula is C15H21FN2O. The van der Waals surface area contributed by atoms with Crippen LogP contribution in [0.3, 0.4) is 0 Å². The summed E-state index contributed by atoms with van der Waals surface area (Å²) in [5.41, 5.74) is 1.50. The first-order chi connectivity index (χ1) is 9.06. The quantitative estimate of drug-likeness (QED) is 0.828. The predicted octanol–water partition coefficient (Wildman–Crippen LogP) is 2.31. The van der Waals surface area contributed by atoms with Gasteiger partial charge < -0.3 is 10.6 Å². The summed E-state index contributed by atoms with van der Waals surface area (Å²) in [7, 11) is 0. The molecule has 0 aliphatic heterocycles. The topological polar surface area (TPSA) is 41.1 Å². The van der Waals surface area contributed by atoms with Gasteiger partial charge in [0.05, 0.1) is 6.54 Å². The second-order valence-electron chi connectivity index (χ2n) is 5.36. The van der Waals surface area contributed by atoms with E-state index in [1.54, 1.807) is 13.0 Å². The Morgan fingerprint density at radius 3 is 2.84 bits per heavy atom. The maximum absolute atomic E-state index is 13.4. The SMILES string of the molecule is Cc1ccc(C(C)NCC(=O)NCC2CC2)cc1F. The van der Waals surface area contributed by atoms with Gasteiger partial charge in [-0.25, -0.2) is 4.39 Å². The van der Waals surface area contributed by atoms with Gasteiger partial charge >= 0.3 is 0 Å². The minimum absolute atomic E-state index is 0.00586. The fourth-order valence-electron chi connectivity index (χ4n) is 1.88. The van der Waals surface area contributed by atoms with Crippen molar-refractivity contribution in [3.63, 3.8) is 0 Å². The molecule has 0 saturated heterocycles. The van der Waals surface area contributed by atoms with Crippen molar-refractivity contribution in [2.75, 3.05) is 13.1 Å². The summed E-state index contributed by atoms with van der Waals surface area (Å²) in [6.45, 7) is 4.72. The van der Waals surface area contributed by atoms with Crippen molar-refractivity contribution >= 4 is 5.91 Å². The molecule has 104 valence electrons. The predicted molar refractivity (Wildman–Crippen MR) is 73.3 cm³/mol. The average molecular weight is 264 g/mol. The molecule has 0 bridgehead atoms. The van der Waals surface area contributed by atoms with Crippen LogP contribution in [-0.4, -0.2) is 19.0 Å². The van der Waals surface area contributed by atoms with Gasteiger partial charge in [-0.3, -0.25) is 4.79 Å². The lowest BCUT2D eigenvalue weighted by Crippen LogP contribution is -2.36. The second-order valence-corrected chi connectivity index (χ2v) is 5.36. The highest BCUT2D eigenvalue weighted by molar-refractivity contribution is 5.78. The van der Waals surface area contributed by atoms with Gasteiger partial charge in [-0.05, 0) is 49.8 Å². The molecule has 0 aromatic heterocycles. The number of hydrogen-bond donors (Lipinski definition) is 2. The van der Waals surface area contributed by atoms with Crippen molar-refractivity contribution in [2.24, 2.45) is 5.92 Å². The average Bonchev–Trinajstić information content (AvgIpc) is 3.20. The van der Waals surface area contributed by atoms with Crippen LogP contribution < -0.4 is 10.6 Å². The van der Waals surface area contributed by atoms with Gasteiger partial charge in [-0.1, -0.05) is 12.1 Å². The van der Waals surface area contributed by atoms with Gasteiger partial charge in [-0.2, -0.15) is 0 Å². The normalized spacial score (nSPS) is 16.2. The van der Waals surface area contributed by atoms with E-state index in [4.69, 9.17) is 0 Å². The van der Waals surface area contributed by atoms with Crippen LogP contribution in [0.1, 0.15) is 36.9 Å². The van der Waals surface area contributed by atoms with Crippen molar-refractivity contribution in [1.82, 2.24) is 10.6 Å². The highest BCUT2D eigenvalue weighted by atomic mass is 19.1. The Morgan fingerprint density at radius 2 is 2.21 bits per heavy atom. The van der Waals surface area contributed by atoms with Gasteiger partial charge in [0, 0.05) is 12.6 Å². The molecule has 19 heavy (non-hydrogen) atoms. The van der Waals surface area contributed by atoms with Crippen molar-refractivity contribution in [2.45, 2.75) is 32.7 Å². The first kappa shape index (κ1) is 14.0. The Balaban J connectivity index is 1.77. The lowest BCUT2D eigenvalue weighted by atomic mass is 10.1. The van der Waals surface area contributed by atoms with Gasteiger partial charge in [0.15, 0.2) is 0 Å². The molecule has 0 radical (unpaired) electrons. The first-order valence-corrected chi connectivity index (χ1v) is 6.82. The monoisotopic (exact) mass is 264 g/mol. The van der Waals surface area contributed by atoms with Gasteiger partial charge in [0.2, 0.25) is 5.91 Å². The van der Waals surface area contributed by atoms with Gasteiger partial charge in [0.1, 0.15) is 5.82 Å². The van der Waals surface area contributed by atoms with Crippen LogP contribution in [0.2, 0.25) is 0 Å². The summed E-state index contributed by atoms with van der Waals surface area (Å²) in [6.07, 6.45) is 2.46. The second kappa shape index (κ2) is 6.15. The Labute approximate surface area is 113 Å². The highest BCUT2D eigenvalue weighted by Crippen LogP contribution is 2.27. The van der Waals surface area contributed by atoms with Crippen molar-refractivity contribution in [1.29, 1.82) is 0 Å². The molecule has 1 aliphatic rings. The molecule has 1 unspecified atom stereocenters. The van der Waals surface area contributed by atoms with Crippen molar-refractivity contribution < 1.29 is 9.18 Å². The van der Waals surface area contributed by atoms with E-state index in [1.165, 1.54) is 18.9 Å². The Hall–Kier alpha value is -1.42. The molecule has 0 heterocycles. The summed E-state index contributed by atoms with van der Waals surface area (Å²) in [5.74, 6) is 0.489. The number of carbonyl (C=O) groups excluding carboxylic acids is 1. The molecule has 4 heteroatoms. The summed E-state index contributed by atoms with van der Waals surface area (Å²) >= 11 is 0. The number of aryl methyl sites for hydroxylation is 1. The van der Waals surface area contributed by atoms with E-state index in [-0.39, 0.29) is 24.3 Å². The largest absolute Gasteiger partial charge is 0.355 e. The van der Waals surface area contributed by atoms with Crippen LogP contribution >= 0.6 is 0 Å². The van der Waals surface area contributed by atoms with Crippen molar-refractivity contribution in [3.8, 4) is 0 Å². The Morgan fingerprint density at radius 1 is 1.47 bits per heavy atom. The Kier molecular flexibility index (Phi) is 4.53. The van der Waals surface area contributed by atoms with Crippen LogP contribution in [0, 0.1) is 18.7 Å². The number of amides is 1. The van der Waals surface area contributed by atoms with Crippen LogP contribution in [-0.2, 0) is 4.79 Å². The van der Waals surface area contributed by atoms with E-state index in [2.05, 4.69) is 10.6 Å². The third kappa shape index (κ3) is 4.31. The van der Waals surface area contributed by atoms with E-state index < -0.39 is 0 Å². The smallest absolute Gasteiger partial charge is 0.233 e. The molecule has 1 saturated carbocycles. The standard InChI is InChI=1S/C15H21FN2O/c1-10-3-6-13(7-14(10)16)11(2)17-9-15(19)18-8-12-4-5-12/h3,6-7,11-12,17H,4-5,8-9H2,1-2H3,(H,18,19). The zero-order valence-corrected chi connectivity index (χ0v) is 11.5. The number of rotatable bonds is 6. The van der Waals surface area contributed by atoms with E-state index in [0.29, 0.717) is 11.5 Å². The van der Waals surface area contributed by atoms with E-state index >= 15 is 0 Å². The van der Waals surface area contributed by atoms with Crippen LogP contribution in [0.4, 0.5) is 4.39 Å². The molecule has 1 fully saturated rings. The number of halogens is 1. The summed E-state index contributed by atoms with van der Waals surface area (Å²) in [5, 5.41) is 6.01. The van der Waals surface area contributed by atoms with E-state index in [9.17, 15) is 9.18 Å². The molecule has 1 amide bonds. The molecular weight excluding hydrogens is 243 g/mol. The maximum Gasteiger partial charge on any atom is 0.233 e. The molecule has 3 nitrogen and oxygen atoms in total. The van der Waals surface area contributed by atoms with Crippen LogP contribution in [0.25, 0.3) is 0 Å². The van der Waals surface area contributed by atoms with Crippen LogP contribution in [0.15, 0.2) is 18.2 Å². The first-order valence-electron chi connectivity index (χ1n) is 6.82. The minimum Gasteiger partial charge on any atom is -0.355 e. The fraction of sp³-hybridized carbons (Fsp3) is 0.533. The maximum atomic E-state index is 13.4. The molecule has 2 N–H and O–H groups in total. The molecule has 1 atom stereocenters. The third-order valence-corrected chi connectivity index (χ3v) is 3.55.